The predicted octanol–water partition coefficient (Wildman–Crippen LogP) is 3.58. The molecule has 142 valence electrons. The summed E-state index contributed by atoms with van der Waals surface area (Å²) in [5.74, 6) is -1.10. The molecule has 0 atom stereocenters. The van der Waals surface area contributed by atoms with E-state index in [-0.39, 0.29) is 24.2 Å². The number of aliphatic carboxylic acids is 1. The minimum absolute atomic E-state index is 0.00916. The highest BCUT2D eigenvalue weighted by Gasteiger charge is 2.23. The number of anilines is 1. The van der Waals surface area contributed by atoms with Gasteiger partial charge >= 0.3 is 5.97 Å². The molecule has 2 amide bonds. The third-order valence-corrected chi connectivity index (χ3v) is 4.78. The average molecular weight is 360 g/mol. The lowest BCUT2D eigenvalue weighted by Gasteiger charge is -2.26. The summed E-state index contributed by atoms with van der Waals surface area (Å²) in [4.78, 5) is 35.6. The fourth-order valence-electron chi connectivity index (χ4n) is 3.21. The monoisotopic (exact) mass is 360 g/mol. The van der Waals surface area contributed by atoms with Crippen LogP contribution in [0.5, 0.6) is 0 Å². The van der Waals surface area contributed by atoms with Crippen molar-refractivity contribution in [3.05, 3.63) is 29.8 Å². The molecule has 2 rings (SSSR count). The van der Waals surface area contributed by atoms with Gasteiger partial charge in [0, 0.05) is 29.1 Å². The highest BCUT2D eigenvalue weighted by atomic mass is 16.4. The maximum absolute atomic E-state index is 12.5. The van der Waals surface area contributed by atoms with Gasteiger partial charge in [-0.25, -0.2) is 0 Å². The number of carbonyl (C=O) groups excluding carboxylic acids is 2. The summed E-state index contributed by atoms with van der Waals surface area (Å²) in [5.41, 5.74) is 0.419. The molecule has 0 aromatic heterocycles. The summed E-state index contributed by atoms with van der Waals surface area (Å²) >= 11 is 0. The van der Waals surface area contributed by atoms with E-state index in [0.717, 1.165) is 25.7 Å². The third-order valence-electron chi connectivity index (χ3n) is 4.78. The first-order chi connectivity index (χ1) is 12.3. The molecule has 1 saturated carbocycles. The molecule has 0 aliphatic heterocycles. The number of hydrogen-bond donors (Lipinski definition) is 3. The van der Waals surface area contributed by atoms with Crippen LogP contribution in [0.25, 0.3) is 0 Å². The van der Waals surface area contributed by atoms with E-state index in [1.807, 2.05) is 0 Å². The van der Waals surface area contributed by atoms with Gasteiger partial charge in [-0.3, -0.25) is 14.4 Å². The highest BCUT2D eigenvalue weighted by molar-refractivity contribution is 5.98. The number of rotatable bonds is 7. The Morgan fingerprint density at radius 3 is 2.50 bits per heavy atom. The first-order valence-corrected chi connectivity index (χ1v) is 9.22. The Balaban J connectivity index is 1.97. The lowest BCUT2D eigenvalue weighted by atomic mass is 9.88. The summed E-state index contributed by atoms with van der Waals surface area (Å²) in [6.07, 6.45) is 5.54. The zero-order chi connectivity index (χ0) is 19.2. The van der Waals surface area contributed by atoms with Gasteiger partial charge in [0.15, 0.2) is 0 Å². The zero-order valence-electron chi connectivity index (χ0n) is 15.5. The highest BCUT2D eigenvalue weighted by Crippen LogP contribution is 2.25. The maximum atomic E-state index is 12.5. The number of amides is 2. The van der Waals surface area contributed by atoms with Crippen LogP contribution in [0.1, 0.15) is 69.2 Å². The Kier molecular flexibility index (Phi) is 6.77. The minimum Gasteiger partial charge on any atom is -0.481 e. The molecule has 1 fully saturated rings. The molecule has 1 aromatic rings. The Morgan fingerprint density at radius 1 is 1.15 bits per heavy atom. The summed E-state index contributed by atoms with van der Waals surface area (Å²) < 4.78 is 0. The van der Waals surface area contributed by atoms with Gasteiger partial charge in [0.05, 0.1) is 0 Å². The van der Waals surface area contributed by atoms with E-state index in [1.54, 1.807) is 38.1 Å². The number of nitrogens with one attached hydrogen (secondary N) is 2. The van der Waals surface area contributed by atoms with Gasteiger partial charge in [-0.15, -0.1) is 0 Å². The van der Waals surface area contributed by atoms with Crippen LogP contribution in [0.15, 0.2) is 24.3 Å². The molecule has 0 bridgehead atoms. The van der Waals surface area contributed by atoms with Crippen LogP contribution in [0.2, 0.25) is 0 Å². The zero-order valence-corrected chi connectivity index (χ0v) is 15.5. The fraction of sp³-hybridized carbons (Fsp3) is 0.550. The van der Waals surface area contributed by atoms with Crippen molar-refractivity contribution in [3.63, 3.8) is 0 Å². The first-order valence-electron chi connectivity index (χ1n) is 9.22. The molecule has 1 aliphatic rings. The number of hydrogen-bond acceptors (Lipinski definition) is 3. The van der Waals surface area contributed by atoms with Gasteiger partial charge in [-0.2, -0.15) is 0 Å². The molecule has 0 unspecified atom stereocenters. The topological polar surface area (TPSA) is 95.5 Å². The Bertz CT molecular complexity index is 664. The van der Waals surface area contributed by atoms with Crippen LogP contribution in [0.4, 0.5) is 5.69 Å². The van der Waals surface area contributed by atoms with Crippen molar-refractivity contribution in [2.75, 3.05) is 5.32 Å². The quantitative estimate of drug-likeness (QED) is 0.692. The molecule has 0 radical (unpaired) electrons. The van der Waals surface area contributed by atoms with Crippen LogP contribution in [0.3, 0.4) is 0 Å². The van der Waals surface area contributed by atoms with Crippen LogP contribution in [-0.2, 0) is 9.59 Å². The molecule has 26 heavy (non-hydrogen) atoms. The standard InChI is InChI=1S/C20H28N2O4/c1-20(2,12-11-17(23)24)22-19(26)15-9-6-10-16(13-15)21-18(25)14-7-4-3-5-8-14/h6,9-10,13-14H,3-5,7-8,11-12H2,1-2H3,(H,21,25)(H,22,26)(H,23,24). The Hall–Kier alpha value is -2.37. The summed E-state index contributed by atoms with van der Waals surface area (Å²) in [6, 6.07) is 6.84. The van der Waals surface area contributed by atoms with E-state index in [9.17, 15) is 14.4 Å². The van der Waals surface area contributed by atoms with Gasteiger partial charge in [0.25, 0.3) is 5.91 Å². The van der Waals surface area contributed by atoms with Crippen LogP contribution in [0, 0.1) is 5.92 Å². The summed E-state index contributed by atoms with van der Waals surface area (Å²) in [5, 5.41) is 14.6. The maximum Gasteiger partial charge on any atom is 0.303 e. The molecule has 6 nitrogen and oxygen atoms in total. The molecule has 1 aliphatic carbocycles. The summed E-state index contributed by atoms with van der Waals surface area (Å²) in [6.45, 7) is 3.59. The normalized spacial score (nSPS) is 15.3. The van der Waals surface area contributed by atoms with Crippen molar-refractivity contribution in [2.45, 2.75) is 64.3 Å². The Labute approximate surface area is 154 Å². The van der Waals surface area contributed by atoms with E-state index in [1.165, 1.54) is 6.42 Å². The molecule has 3 N–H and O–H groups in total. The number of carboxylic acids is 1. The van der Waals surface area contributed by atoms with E-state index in [0.29, 0.717) is 17.7 Å². The molecule has 0 heterocycles. The lowest BCUT2D eigenvalue weighted by Crippen LogP contribution is -2.43. The van der Waals surface area contributed by atoms with Gasteiger partial charge in [-0.05, 0) is 51.3 Å². The second-order valence-electron chi connectivity index (χ2n) is 7.64. The molecular weight excluding hydrogens is 332 g/mol. The van der Waals surface area contributed by atoms with Crippen LogP contribution < -0.4 is 10.6 Å². The number of benzene rings is 1. The largest absolute Gasteiger partial charge is 0.481 e. The predicted molar refractivity (Wildman–Crippen MR) is 100 cm³/mol. The van der Waals surface area contributed by atoms with Gasteiger partial charge in [0.2, 0.25) is 5.91 Å². The van der Waals surface area contributed by atoms with Gasteiger partial charge in [0.1, 0.15) is 0 Å². The van der Waals surface area contributed by atoms with Crippen molar-refractivity contribution in [1.29, 1.82) is 0 Å². The van der Waals surface area contributed by atoms with Gasteiger partial charge < -0.3 is 15.7 Å². The minimum atomic E-state index is -0.889. The van der Waals surface area contributed by atoms with Crippen LogP contribution >= 0.6 is 0 Å². The molecule has 6 heteroatoms. The van der Waals surface area contributed by atoms with Crippen molar-refractivity contribution < 1.29 is 19.5 Å². The van der Waals surface area contributed by atoms with E-state index < -0.39 is 11.5 Å². The molecule has 1 aromatic carbocycles. The second kappa shape index (κ2) is 8.83. The molecular formula is C20H28N2O4. The smallest absolute Gasteiger partial charge is 0.303 e. The fourth-order valence-corrected chi connectivity index (χ4v) is 3.21. The molecule has 0 saturated heterocycles. The second-order valence-corrected chi connectivity index (χ2v) is 7.64. The van der Waals surface area contributed by atoms with Crippen molar-refractivity contribution >= 4 is 23.5 Å². The van der Waals surface area contributed by atoms with E-state index in [2.05, 4.69) is 10.6 Å². The number of carboxylic acid groups (broad SMARTS) is 1. The van der Waals surface area contributed by atoms with Crippen LogP contribution in [-0.4, -0.2) is 28.4 Å². The van der Waals surface area contributed by atoms with Crippen molar-refractivity contribution in [2.24, 2.45) is 5.92 Å². The average Bonchev–Trinajstić information content (AvgIpc) is 2.61. The van der Waals surface area contributed by atoms with Gasteiger partial charge in [-0.1, -0.05) is 25.3 Å². The van der Waals surface area contributed by atoms with E-state index >= 15 is 0 Å². The van der Waals surface area contributed by atoms with Crippen molar-refractivity contribution in [3.8, 4) is 0 Å². The lowest BCUT2D eigenvalue weighted by molar-refractivity contribution is -0.137. The summed E-state index contributed by atoms with van der Waals surface area (Å²) in [7, 11) is 0. The Morgan fingerprint density at radius 2 is 1.85 bits per heavy atom. The number of carbonyl (C=O) groups is 3. The molecule has 0 spiro atoms. The van der Waals surface area contributed by atoms with E-state index in [4.69, 9.17) is 5.11 Å². The van der Waals surface area contributed by atoms with Crippen molar-refractivity contribution in [1.82, 2.24) is 5.32 Å². The first kappa shape index (κ1) is 19.9. The SMILES string of the molecule is CC(C)(CCC(=O)O)NC(=O)c1cccc(NC(=O)C2CCCCC2)c1. The third kappa shape index (κ3) is 6.17.